The molecule has 2 aromatic rings. The number of aromatic nitrogens is 3. The maximum Gasteiger partial charge on any atom is 0.317 e. The first kappa shape index (κ1) is 12.0. The van der Waals surface area contributed by atoms with Crippen molar-refractivity contribution in [3.63, 3.8) is 0 Å². The molecule has 92 valence electrons. The lowest BCUT2D eigenvalue weighted by Gasteiger charge is -2.05. The lowest BCUT2D eigenvalue weighted by Crippen LogP contribution is -2.20. The third-order valence-corrected chi connectivity index (χ3v) is 2.05. The zero-order valence-corrected chi connectivity index (χ0v) is 9.83. The van der Waals surface area contributed by atoms with Crippen molar-refractivity contribution in [2.75, 3.05) is 11.9 Å². The van der Waals surface area contributed by atoms with Crippen molar-refractivity contribution < 1.29 is 9.53 Å². The fourth-order valence-electron chi connectivity index (χ4n) is 1.26. The van der Waals surface area contributed by atoms with E-state index in [1.165, 1.54) is 0 Å². The number of amides is 1. The van der Waals surface area contributed by atoms with Crippen LogP contribution in [0, 0.1) is 6.92 Å². The minimum absolute atomic E-state index is 0.141. The van der Waals surface area contributed by atoms with E-state index in [0.29, 0.717) is 5.69 Å². The topological polar surface area (TPSA) is 77.0 Å². The molecule has 0 fully saturated rings. The summed E-state index contributed by atoms with van der Waals surface area (Å²) in [6.07, 6.45) is 4.77. The van der Waals surface area contributed by atoms with Crippen molar-refractivity contribution in [3.8, 4) is 6.01 Å². The Morgan fingerprint density at radius 2 is 2.28 bits per heavy atom. The Morgan fingerprint density at radius 1 is 1.39 bits per heavy atom. The zero-order chi connectivity index (χ0) is 12.8. The number of carbonyl (C=O) groups is 1. The van der Waals surface area contributed by atoms with Crippen molar-refractivity contribution in [2.45, 2.75) is 6.92 Å². The lowest BCUT2D eigenvalue weighted by molar-refractivity contribution is -0.118. The number of hydrogen-bond donors (Lipinski definition) is 1. The number of carbonyl (C=O) groups excluding carboxylic acids is 1. The van der Waals surface area contributed by atoms with E-state index in [2.05, 4.69) is 20.3 Å². The first-order valence-corrected chi connectivity index (χ1v) is 5.36. The van der Waals surface area contributed by atoms with Crippen molar-refractivity contribution in [3.05, 3.63) is 42.5 Å². The van der Waals surface area contributed by atoms with Crippen molar-refractivity contribution in [1.29, 1.82) is 0 Å². The summed E-state index contributed by atoms with van der Waals surface area (Å²) >= 11 is 0. The third kappa shape index (κ3) is 3.51. The molecule has 0 aliphatic carbocycles. The Morgan fingerprint density at radius 3 is 3.00 bits per heavy atom. The van der Waals surface area contributed by atoms with Crippen LogP contribution >= 0.6 is 0 Å². The molecule has 1 N–H and O–H groups in total. The van der Waals surface area contributed by atoms with E-state index in [9.17, 15) is 4.79 Å². The van der Waals surface area contributed by atoms with Crippen LogP contribution < -0.4 is 10.1 Å². The molecular weight excluding hydrogens is 232 g/mol. The van der Waals surface area contributed by atoms with E-state index in [1.54, 1.807) is 36.8 Å². The van der Waals surface area contributed by atoms with Gasteiger partial charge in [-0.25, -0.2) is 9.97 Å². The van der Waals surface area contributed by atoms with Crippen LogP contribution in [0.3, 0.4) is 0 Å². The number of pyridine rings is 1. The molecule has 0 atom stereocenters. The van der Waals surface area contributed by atoms with E-state index in [1.807, 2.05) is 6.92 Å². The summed E-state index contributed by atoms with van der Waals surface area (Å²) in [7, 11) is 0. The Labute approximate surface area is 104 Å². The molecular formula is C12H12N4O2. The molecule has 0 saturated carbocycles. The number of aryl methyl sites for hydroxylation is 1. The highest BCUT2D eigenvalue weighted by Gasteiger charge is 2.05. The number of nitrogens with zero attached hydrogens (tertiary/aromatic N) is 3. The number of anilines is 1. The van der Waals surface area contributed by atoms with E-state index in [-0.39, 0.29) is 18.5 Å². The first-order valence-electron chi connectivity index (χ1n) is 5.36. The smallest absolute Gasteiger partial charge is 0.317 e. The Kier molecular flexibility index (Phi) is 3.80. The molecule has 0 aliphatic heterocycles. The molecule has 2 aromatic heterocycles. The van der Waals surface area contributed by atoms with E-state index >= 15 is 0 Å². The van der Waals surface area contributed by atoms with Gasteiger partial charge in [-0.3, -0.25) is 9.78 Å². The summed E-state index contributed by atoms with van der Waals surface area (Å²) in [4.78, 5) is 23.4. The molecule has 6 nitrogen and oxygen atoms in total. The van der Waals surface area contributed by atoms with Crippen LogP contribution in [0.25, 0.3) is 0 Å². The van der Waals surface area contributed by atoms with Gasteiger partial charge in [0, 0.05) is 18.1 Å². The molecule has 6 heteroatoms. The van der Waals surface area contributed by atoms with Crippen LogP contribution in [0.4, 0.5) is 5.69 Å². The second-order valence-corrected chi connectivity index (χ2v) is 3.56. The summed E-state index contributed by atoms with van der Waals surface area (Å²) in [5.41, 5.74) is 1.41. The SMILES string of the molecule is Cc1ccnc(OCC(=O)Nc2cccnc2)n1. The molecule has 0 radical (unpaired) electrons. The fraction of sp³-hybridized carbons (Fsp3) is 0.167. The van der Waals surface area contributed by atoms with Crippen LogP contribution in [-0.4, -0.2) is 27.5 Å². The third-order valence-electron chi connectivity index (χ3n) is 2.05. The highest BCUT2D eigenvalue weighted by atomic mass is 16.5. The standard InChI is InChI=1S/C12H12N4O2/c1-9-4-6-14-12(15-9)18-8-11(17)16-10-3-2-5-13-7-10/h2-7H,8H2,1H3,(H,16,17). The predicted octanol–water partition coefficient (Wildman–Crippen LogP) is 1.20. The highest BCUT2D eigenvalue weighted by Crippen LogP contribution is 2.04. The summed E-state index contributed by atoms with van der Waals surface area (Å²) in [5.74, 6) is -0.284. The average Bonchev–Trinajstić information content (AvgIpc) is 2.38. The predicted molar refractivity (Wildman–Crippen MR) is 65.1 cm³/mol. The maximum absolute atomic E-state index is 11.6. The molecule has 0 aromatic carbocycles. The van der Waals surface area contributed by atoms with Gasteiger partial charge in [-0.2, -0.15) is 0 Å². The molecule has 0 aliphatic rings. The molecule has 2 rings (SSSR count). The summed E-state index contributed by atoms with van der Waals surface area (Å²) < 4.78 is 5.17. The van der Waals surface area contributed by atoms with Gasteiger partial charge in [-0.05, 0) is 25.1 Å². The number of hydrogen-bond acceptors (Lipinski definition) is 5. The summed E-state index contributed by atoms with van der Waals surface area (Å²) in [6, 6.07) is 5.42. The molecule has 18 heavy (non-hydrogen) atoms. The number of ether oxygens (including phenoxy) is 1. The molecule has 1 amide bonds. The second kappa shape index (κ2) is 5.72. The van der Waals surface area contributed by atoms with Crippen LogP contribution in [0.5, 0.6) is 6.01 Å². The van der Waals surface area contributed by atoms with Gasteiger partial charge < -0.3 is 10.1 Å². The van der Waals surface area contributed by atoms with E-state index in [0.717, 1.165) is 5.69 Å². The largest absolute Gasteiger partial charge is 0.453 e. The van der Waals surface area contributed by atoms with Gasteiger partial charge in [-0.15, -0.1) is 0 Å². The first-order chi connectivity index (χ1) is 8.74. The van der Waals surface area contributed by atoms with Crippen molar-refractivity contribution >= 4 is 11.6 Å². The monoisotopic (exact) mass is 244 g/mol. The van der Waals surface area contributed by atoms with Gasteiger partial charge in [0.2, 0.25) is 0 Å². The Hall–Kier alpha value is -2.50. The quantitative estimate of drug-likeness (QED) is 0.874. The van der Waals surface area contributed by atoms with Gasteiger partial charge in [0.15, 0.2) is 6.61 Å². The van der Waals surface area contributed by atoms with Crippen LogP contribution in [0.15, 0.2) is 36.8 Å². The van der Waals surface area contributed by atoms with Gasteiger partial charge >= 0.3 is 6.01 Å². The molecule has 0 bridgehead atoms. The van der Waals surface area contributed by atoms with Gasteiger partial charge in [0.1, 0.15) is 0 Å². The average molecular weight is 244 g/mol. The Bertz CT molecular complexity index is 531. The van der Waals surface area contributed by atoms with Crippen LogP contribution in [0.2, 0.25) is 0 Å². The fourth-order valence-corrected chi connectivity index (χ4v) is 1.26. The number of nitrogens with one attached hydrogen (secondary N) is 1. The normalized spacial score (nSPS) is 9.83. The maximum atomic E-state index is 11.6. The summed E-state index contributed by atoms with van der Waals surface area (Å²) in [5, 5.41) is 2.64. The summed E-state index contributed by atoms with van der Waals surface area (Å²) in [6.45, 7) is 1.68. The lowest BCUT2D eigenvalue weighted by atomic mass is 10.4. The molecule has 0 spiro atoms. The van der Waals surface area contributed by atoms with Crippen LogP contribution in [0.1, 0.15) is 5.69 Å². The van der Waals surface area contributed by atoms with Crippen molar-refractivity contribution in [2.24, 2.45) is 0 Å². The van der Waals surface area contributed by atoms with E-state index < -0.39 is 0 Å². The molecule has 0 unspecified atom stereocenters. The minimum Gasteiger partial charge on any atom is -0.453 e. The number of rotatable bonds is 4. The molecule has 2 heterocycles. The second-order valence-electron chi connectivity index (χ2n) is 3.56. The van der Waals surface area contributed by atoms with Crippen LogP contribution in [-0.2, 0) is 4.79 Å². The van der Waals surface area contributed by atoms with E-state index in [4.69, 9.17) is 4.74 Å². The van der Waals surface area contributed by atoms with Gasteiger partial charge in [0.25, 0.3) is 5.91 Å². The van der Waals surface area contributed by atoms with Gasteiger partial charge in [-0.1, -0.05) is 0 Å². The molecule has 0 saturated heterocycles. The van der Waals surface area contributed by atoms with Crippen molar-refractivity contribution in [1.82, 2.24) is 15.0 Å². The highest BCUT2D eigenvalue weighted by molar-refractivity contribution is 5.91. The zero-order valence-electron chi connectivity index (χ0n) is 9.83. The van der Waals surface area contributed by atoms with Gasteiger partial charge in [0.05, 0.1) is 11.9 Å². The minimum atomic E-state index is -0.284. The Balaban J connectivity index is 1.85.